The summed E-state index contributed by atoms with van der Waals surface area (Å²) in [5.41, 5.74) is 0.608. The van der Waals surface area contributed by atoms with Gasteiger partial charge in [-0.2, -0.15) is 0 Å². The molecule has 110 valence electrons. The lowest BCUT2D eigenvalue weighted by Gasteiger charge is -2.31. The van der Waals surface area contributed by atoms with Crippen LogP contribution in [0.5, 0.6) is 0 Å². The van der Waals surface area contributed by atoms with E-state index in [-0.39, 0.29) is 12.6 Å². The minimum absolute atomic E-state index is 0.123. The summed E-state index contributed by atoms with van der Waals surface area (Å²) in [6.45, 7) is 0.643. The van der Waals surface area contributed by atoms with Crippen LogP contribution in [0.15, 0.2) is 24.3 Å². The summed E-state index contributed by atoms with van der Waals surface area (Å²) in [5.74, 6) is 0. The van der Waals surface area contributed by atoms with Gasteiger partial charge < -0.3 is 10.2 Å². The number of amides is 2. The van der Waals surface area contributed by atoms with Crippen molar-refractivity contribution < 1.29 is 13.2 Å². The van der Waals surface area contributed by atoms with Crippen molar-refractivity contribution in [2.45, 2.75) is 18.1 Å². The van der Waals surface area contributed by atoms with Gasteiger partial charge in [-0.1, -0.05) is 11.6 Å². The number of sulfonamides is 1. The standard InChI is InChI=1S/C12H16ClN3O3S/c13-9-3-5-10(6-4-9)15-12(17)16-7-1-2-11(8-16)20(14,18)19/h3-6,11H,1-2,7-8H2,(H,15,17)(H2,14,18,19). The number of anilines is 1. The molecule has 0 bridgehead atoms. The number of urea groups is 1. The number of nitrogens with one attached hydrogen (secondary N) is 1. The zero-order valence-corrected chi connectivity index (χ0v) is 12.3. The Morgan fingerprint density at radius 3 is 2.60 bits per heavy atom. The van der Waals surface area contributed by atoms with Crippen molar-refractivity contribution in [1.29, 1.82) is 0 Å². The second-order valence-corrected chi connectivity index (χ2v) is 7.02. The SMILES string of the molecule is NS(=O)(=O)C1CCCN(C(=O)Nc2ccc(Cl)cc2)C1. The lowest BCUT2D eigenvalue weighted by molar-refractivity contribution is 0.200. The van der Waals surface area contributed by atoms with Crippen LogP contribution in [0, 0.1) is 0 Å². The molecule has 6 nitrogen and oxygen atoms in total. The Morgan fingerprint density at radius 1 is 1.35 bits per heavy atom. The number of halogens is 1. The lowest BCUT2D eigenvalue weighted by atomic mass is 10.1. The maximum absolute atomic E-state index is 12.1. The fourth-order valence-electron chi connectivity index (χ4n) is 2.13. The van der Waals surface area contributed by atoms with E-state index in [1.807, 2.05) is 0 Å². The average molecular weight is 318 g/mol. The van der Waals surface area contributed by atoms with Gasteiger partial charge in [-0.05, 0) is 37.1 Å². The molecule has 1 aliphatic heterocycles. The first-order valence-corrected chi connectivity index (χ1v) is 8.18. The Morgan fingerprint density at radius 2 is 2.00 bits per heavy atom. The number of nitrogens with zero attached hydrogens (tertiary/aromatic N) is 1. The molecule has 2 amide bonds. The first-order valence-electron chi connectivity index (χ1n) is 6.19. The number of likely N-dealkylation sites (tertiary alicyclic amines) is 1. The second-order valence-electron chi connectivity index (χ2n) is 4.74. The van der Waals surface area contributed by atoms with Gasteiger partial charge >= 0.3 is 6.03 Å². The number of nitrogens with two attached hydrogens (primary N) is 1. The number of carbonyl (C=O) groups excluding carboxylic acids is 1. The fourth-order valence-corrected chi connectivity index (χ4v) is 3.14. The third kappa shape index (κ3) is 3.84. The largest absolute Gasteiger partial charge is 0.323 e. The van der Waals surface area contributed by atoms with E-state index in [2.05, 4.69) is 5.32 Å². The van der Waals surface area contributed by atoms with E-state index >= 15 is 0 Å². The lowest BCUT2D eigenvalue weighted by Crippen LogP contribution is -2.48. The first kappa shape index (κ1) is 15.1. The molecule has 1 unspecified atom stereocenters. The van der Waals surface area contributed by atoms with Gasteiger partial charge in [0, 0.05) is 23.8 Å². The van der Waals surface area contributed by atoms with Crippen molar-refractivity contribution in [3.63, 3.8) is 0 Å². The Labute approximate surface area is 122 Å². The molecule has 1 fully saturated rings. The molecule has 3 N–H and O–H groups in total. The van der Waals surface area contributed by atoms with Crippen LogP contribution in [0.4, 0.5) is 10.5 Å². The van der Waals surface area contributed by atoms with Crippen LogP contribution in [0.25, 0.3) is 0 Å². The normalized spacial score (nSPS) is 19.7. The molecule has 1 atom stereocenters. The summed E-state index contributed by atoms with van der Waals surface area (Å²) in [6, 6.07) is 6.37. The highest BCUT2D eigenvalue weighted by Crippen LogP contribution is 2.18. The molecule has 0 aromatic heterocycles. The summed E-state index contributed by atoms with van der Waals surface area (Å²) in [5, 5.41) is 7.74. The molecule has 1 aromatic rings. The molecule has 20 heavy (non-hydrogen) atoms. The maximum atomic E-state index is 12.1. The number of rotatable bonds is 2. The molecule has 0 saturated carbocycles. The first-order chi connectivity index (χ1) is 9.36. The van der Waals surface area contributed by atoms with Crippen molar-refractivity contribution in [2.75, 3.05) is 18.4 Å². The number of benzene rings is 1. The molecule has 0 radical (unpaired) electrons. The number of hydrogen-bond acceptors (Lipinski definition) is 3. The third-order valence-electron chi connectivity index (χ3n) is 3.23. The van der Waals surface area contributed by atoms with E-state index in [0.717, 1.165) is 0 Å². The predicted molar refractivity (Wildman–Crippen MR) is 78.2 cm³/mol. The number of piperidine rings is 1. The van der Waals surface area contributed by atoms with Crippen molar-refractivity contribution in [1.82, 2.24) is 4.90 Å². The molecule has 0 aliphatic carbocycles. The van der Waals surface area contributed by atoms with Gasteiger partial charge in [0.2, 0.25) is 10.0 Å². The summed E-state index contributed by atoms with van der Waals surface area (Å²) >= 11 is 5.76. The van der Waals surface area contributed by atoms with Gasteiger partial charge in [-0.3, -0.25) is 0 Å². The van der Waals surface area contributed by atoms with Crippen LogP contribution in [0.2, 0.25) is 5.02 Å². The van der Waals surface area contributed by atoms with E-state index < -0.39 is 15.3 Å². The van der Waals surface area contributed by atoms with Gasteiger partial charge in [0.1, 0.15) is 0 Å². The van der Waals surface area contributed by atoms with Gasteiger partial charge in [0.15, 0.2) is 0 Å². The van der Waals surface area contributed by atoms with Crippen molar-refractivity contribution in [3.8, 4) is 0 Å². The van der Waals surface area contributed by atoms with Gasteiger partial charge in [-0.15, -0.1) is 0 Å². The molecule has 0 spiro atoms. The molecule has 2 rings (SSSR count). The summed E-state index contributed by atoms with van der Waals surface area (Å²) in [7, 11) is -3.61. The third-order valence-corrected chi connectivity index (χ3v) is 4.79. The van der Waals surface area contributed by atoms with Gasteiger partial charge in [0.05, 0.1) is 5.25 Å². The monoisotopic (exact) mass is 317 g/mol. The molecular weight excluding hydrogens is 302 g/mol. The predicted octanol–water partition coefficient (Wildman–Crippen LogP) is 1.62. The van der Waals surface area contributed by atoms with E-state index in [0.29, 0.717) is 30.1 Å². The Balaban J connectivity index is 2.00. The van der Waals surface area contributed by atoms with Crippen molar-refractivity contribution in [3.05, 3.63) is 29.3 Å². The van der Waals surface area contributed by atoms with E-state index in [1.165, 1.54) is 4.90 Å². The minimum atomic E-state index is -3.61. The van der Waals surface area contributed by atoms with Gasteiger partial charge in [0.25, 0.3) is 0 Å². The van der Waals surface area contributed by atoms with Crippen LogP contribution >= 0.6 is 11.6 Å². The molecule has 8 heteroatoms. The van der Waals surface area contributed by atoms with Crippen molar-refractivity contribution in [2.24, 2.45) is 5.14 Å². The molecular formula is C12H16ClN3O3S. The average Bonchev–Trinajstić information content (AvgIpc) is 2.40. The molecule has 1 saturated heterocycles. The number of hydrogen-bond donors (Lipinski definition) is 2. The second kappa shape index (κ2) is 5.99. The topological polar surface area (TPSA) is 92.5 Å². The smallest absolute Gasteiger partial charge is 0.321 e. The van der Waals surface area contributed by atoms with E-state index in [1.54, 1.807) is 24.3 Å². The maximum Gasteiger partial charge on any atom is 0.321 e. The number of carbonyl (C=O) groups is 1. The van der Waals surface area contributed by atoms with Crippen LogP contribution < -0.4 is 10.5 Å². The summed E-state index contributed by atoms with van der Waals surface area (Å²) in [4.78, 5) is 13.5. The summed E-state index contributed by atoms with van der Waals surface area (Å²) < 4.78 is 22.7. The van der Waals surface area contributed by atoms with Crippen LogP contribution in [0.1, 0.15) is 12.8 Å². The highest BCUT2D eigenvalue weighted by Gasteiger charge is 2.30. The van der Waals surface area contributed by atoms with Crippen LogP contribution in [-0.4, -0.2) is 37.7 Å². The molecule has 1 aliphatic rings. The van der Waals surface area contributed by atoms with Crippen LogP contribution in [-0.2, 0) is 10.0 Å². The highest BCUT2D eigenvalue weighted by atomic mass is 35.5. The summed E-state index contributed by atoms with van der Waals surface area (Å²) in [6.07, 6.45) is 1.11. The Kier molecular flexibility index (Phi) is 4.52. The van der Waals surface area contributed by atoms with E-state index in [4.69, 9.17) is 16.7 Å². The zero-order valence-electron chi connectivity index (χ0n) is 10.8. The number of primary sulfonamides is 1. The van der Waals surface area contributed by atoms with Crippen molar-refractivity contribution >= 4 is 33.3 Å². The van der Waals surface area contributed by atoms with Gasteiger partial charge in [-0.25, -0.2) is 18.4 Å². The molecule has 1 aromatic carbocycles. The minimum Gasteiger partial charge on any atom is -0.323 e. The fraction of sp³-hybridized carbons (Fsp3) is 0.417. The highest BCUT2D eigenvalue weighted by molar-refractivity contribution is 7.89. The van der Waals surface area contributed by atoms with Crippen LogP contribution in [0.3, 0.4) is 0 Å². The Bertz CT molecular complexity index is 588. The molecule has 1 heterocycles. The van der Waals surface area contributed by atoms with E-state index in [9.17, 15) is 13.2 Å². The Hall–Kier alpha value is -1.31. The quantitative estimate of drug-likeness (QED) is 0.868. The zero-order chi connectivity index (χ0) is 14.8.